The molecule has 0 spiro atoms. The van der Waals surface area contributed by atoms with E-state index in [9.17, 15) is 9.00 Å². The van der Waals surface area contributed by atoms with E-state index in [-0.39, 0.29) is 29.3 Å². The van der Waals surface area contributed by atoms with Crippen molar-refractivity contribution in [3.8, 4) is 28.6 Å². The van der Waals surface area contributed by atoms with Crippen LogP contribution in [0.2, 0.25) is 0 Å². The van der Waals surface area contributed by atoms with Crippen LogP contribution in [0.4, 0.5) is 0 Å². The number of fused-ring (bicyclic) bond motifs is 1. The summed E-state index contributed by atoms with van der Waals surface area (Å²) in [6.45, 7) is 5.64. The topological polar surface area (TPSA) is 84.2 Å². The molecule has 0 N–H and O–H groups in total. The van der Waals surface area contributed by atoms with Gasteiger partial charge in [0.25, 0.3) is 0 Å². The average Bonchev–Trinajstić information content (AvgIpc) is 2.85. The van der Waals surface area contributed by atoms with Gasteiger partial charge in [-0.25, -0.2) is 0 Å². The van der Waals surface area contributed by atoms with Crippen molar-refractivity contribution in [2.24, 2.45) is 0 Å². The first kappa shape index (κ1) is 23.3. The fraction of sp³-hybridized carbons (Fsp3) is 0.115. The minimum atomic E-state index is -2.06. The highest BCUT2D eigenvalue weighted by atomic mass is 32.2. The maximum absolute atomic E-state index is 13.1. The smallest absolute Gasteiger partial charge is 0.360 e. The molecule has 1 aromatic heterocycles. The van der Waals surface area contributed by atoms with Crippen molar-refractivity contribution in [1.29, 1.82) is 0 Å². The Morgan fingerprint density at radius 2 is 1.74 bits per heavy atom. The molecule has 0 aliphatic rings. The summed E-state index contributed by atoms with van der Waals surface area (Å²) in [5, 5.41) is 0.377. The van der Waals surface area contributed by atoms with E-state index < -0.39 is 11.4 Å². The summed E-state index contributed by atoms with van der Waals surface area (Å²) < 4.78 is 39.8. The molecule has 0 radical (unpaired) electrons. The minimum absolute atomic E-state index is 0.0111. The van der Waals surface area contributed by atoms with E-state index in [2.05, 4.69) is 6.58 Å². The van der Waals surface area contributed by atoms with Gasteiger partial charge in [-0.05, 0) is 42.8 Å². The molecule has 4 aromatic rings. The number of rotatable bonds is 9. The van der Waals surface area contributed by atoms with Gasteiger partial charge in [-0.2, -0.15) is 4.21 Å². The zero-order chi connectivity index (χ0) is 24.1. The first-order chi connectivity index (χ1) is 16.5. The van der Waals surface area contributed by atoms with E-state index in [1.807, 2.05) is 30.3 Å². The lowest BCUT2D eigenvalue weighted by molar-refractivity contribution is 0.293. The molecule has 1 atom stereocenters. The Bertz CT molecular complexity index is 1410. The first-order valence-corrected chi connectivity index (χ1v) is 11.3. The number of hydrogen-bond acceptors (Lipinski definition) is 7. The van der Waals surface area contributed by atoms with Gasteiger partial charge in [0.05, 0.1) is 18.3 Å². The van der Waals surface area contributed by atoms with Gasteiger partial charge in [-0.1, -0.05) is 49.0 Å². The zero-order valence-electron chi connectivity index (χ0n) is 18.6. The molecule has 0 aliphatic carbocycles. The summed E-state index contributed by atoms with van der Waals surface area (Å²) in [6, 6.07) is 21.3. The number of benzene rings is 3. The standard InChI is InChI=1S/C26H22O7S/c1-17(2)31-26-24(27)20-11-7-8-12-21(20)32-25(26)19-13-14-22(23(15-19)33-34(28)29-3)30-16-18-9-5-4-6-10-18/h4-15H,1,16H2,2-3H3. The van der Waals surface area contributed by atoms with Gasteiger partial charge in [0, 0.05) is 5.56 Å². The fourth-order valence-corrected chi connectivity index (χ4v) is 3.60. The van der Waals surface area contributed by atoms with Crippen LogP contribution in [0.5, 0.6) is 17.2 Å². The molecule has 8 heteroatoms. The van der Waals surface area contributed by atoms with Crippen molar-refractivity contribution in [3.63, 3.8) is 0 Å². The van der Waals surface area contributed by atoms with Gasteiger partial charge in [-0.15, -0.1) is 0 Å². The van der Waals surface area contributed by atoms with Crippen molar-refractivity contribution < 1.29 is 26.5 Å². The van der Waals surface area contributed by atoms with Crippen LogP contribution in [0.15, 0.2) is 94.3 Å². The molecule has 4 rings (SSSR count). The molecular formula is C26H22O7S. The molecule has 0 amide bonds. The Hall–Kier alpha value is -3.88. The van der Waals surface area contributed by atoms with Gasteiger partial charge < -0.3 is 18.1 Å². The summed E-state index contributed by atoms with van der Waals surface area (Å²) >= 11 is -2.06. The van der Waals surface area contributed by atoms with E-state index in [0.717, 1.165) is 5.56 Å². The molecule has 0 saturated heterocycles. The van der Waals surface area contributed by atoms with Crippen LogP contribution in [0, 0.1) is 0 Å². The van der Waals surface area contributed by atoms with E-state index >= 15 is 0 Å². The average molecular weight is 479 g/mol. The molecule has 0 aliphatic heterocycles. The van der Waals surface area contributed by atoms with E-state index in [1.54, 1.807) is 49.4 Å². The molecule has 3 aromatic carbocycles. The highest BCUT2D eigenvalue weighted by molar-refractivity contribution is 7.75. The Labute approximate surface area is 199 Å². The normalized spacial score (nSPS) is 11.7. The van der Waals surface area contributed by atoms with Crippen LogP contribution in [-0.2, 0) is 22.2 Å². The van der Waals surface area contributed by atoms with Crippen LogP contribution >= 0.6 is 0 Å². The number of hydrogen-bond donors (Lipinski definition) is 0. The maximum Gasteiger partial charge on any atom is 0.360 e. The lowest BCUT2D eigenvalue weighted by Gasteiger charge is -2.14. The third-order valence-corrected chi connectivity index (χ3v) is 5.36. The monoisotopic (exact) mass is 478 g/mol. The van der Waals surface area contributed by atoms with Crippen LogP contribution in [-0.4, -0.2) is 11.3 Å². The first-order valence-electron chi connectivity index (χ1n) is 10.3. The summed E-state index contributed by atoms with van der Waals surface area (Å²) in [6.07, 6.45) is 0. The second-order valence-corrected chi connectivity index (χ2v) is 8.19. The molecule has 0 saturated carbocycles. The maximum atomic E-state index is 13.1. The zero-order valence-corrected chi connectivity index (χ0v) is 19.4. The molecule has 34 heavy (non-hydrogen) atoms. The highest BCUT2D eigenvalue weighted by Crippen LogP contribution is 2.38. The molecular weight excluding hydrogens is 456 g/mol. The molecule has 1 heterocycles. The van der Waals surface area contributed by atoms with Crippen molar-refractivity contribution in [3.05, 3.63) is 101 Å². The Kier molecular flexibility index (Phi) is 7.10. The Balaban J connectivity index is 1.80. The van der Waals surface area contributed by atoms with Crippen molar-refractivity contribution >= 4 is 22.3 Å². The Morgan fingerprint density at radius 3 is 2.47 bits per heavy atom. The van der Waals surface area contributed by atoms with Crippen molar-refractivity contribution in [1.82, 2.24) is 0 Å². The quantitative estimate of drug-likeness (QED) is 0.291. The summed E-state index contributed by atoms with van der Waals surface area (Å²) in [7, 11) is 1.26. The third kappa shape index (κ3) is 5.19. The summed E-state index contributed by atoms with van der Waals surface area (Å²) in [5.41, 5.74) is 1.45. The molecule has 7 nitrogen and oxygen atoms in total. The van der Waals surface area contributed by atoms with Crippen molar-refractivity contribution in [2.45, 2.75) is 13.5 Å². The second kappa shape index (κ2) is 10.4. The van der Waals surface area contributed by atoms with Gasteiger partial charge in [0.2, 0.25) is 11.2 Å². The van der Waals surface area contributed by atoms with Gasteiger partial charge in [-0.3, -0.25) is 8.98 Å². The van der Waals surface area contributed by atoms with Crippen LogP contribution < -0.4 is 19.1 Å². The van der Waals surface area contributed by atoms with E-state index in [4.69, 9.17) is 22.3 Å². The number of allylic oxidation sites excluding steroid dienone is 1. The minimum Gasteiger partial charge on any atom is -0.485 e. The van der Waals surface area contributed by atoms with E-state index in [0.29, 0.717) is 28.0 Å². The Morgan fingerprint density at radius 1 is 1.00 bits per heavy atom. The highest BCUT2D eigenvalue weighted by Gasteiger charge is 2.21. The largest absolute Gasteiger partial charge is 0.485 e. The second-order valence-electron chi connectivity index (χ2n) is 7.28. The summed E-state index contributed by atoms with van der Waals surface area (Å²) in [4.78, 5) is 13.1. The van der Waals surface area contributed by atoms with Gasteiger partial charge in [0.1, 0.15) is 12.2 Å². The predicted octanol–water partition coefficient (Wildman–Crippen LogP) is 5.56. The molecule has 1 unspecified atom stereocenters. The van der Waals surface area contributed by atoms with Crippen LogP contribution in [0.3, 0.4) is 0 Å². The van der Waals surface area contributed by atoms with Crippen LogP contribution in [0.1, 0.15) is 12.5 Å². The van der Waals surface area contributed by atoms with E-state index in [1.165, 1.54) is 7.11 Å². The lowest BCUT2D eigenvalue weighted by atomic mass is 10.1. The molecule has 174 valence electrons. The number of para-hydroxylation sites is 1. The van der Waals surface area contributed by atoms with Gasteiger partial charge in [0.15, 0.2) is 17.3 Å². The van der Waals surface area contributed by atoms with Crippen molar-refractivity contribution in [2.75, 3.05) is 7.11 Å². The SMILES string of the molecule is C=C(C)Oc1c(-c2ccc(OCc3ccccc3)c(OS(=O)OC)c2)oc2ccccc2c1=O. The lowest BCUT2D eigenvalue weighted by Crippen LogP contribution is -2.09. The fourth-order valence-electron chi connectivity index (χ4n) is 3.26. The molecule has 0 bridgehead atoms. The van der Waals surface area contributed by atoms with Crippen LogP contribution in [0.25, 0.3) is 22.3 Å². The summed E-state index contributed by atoms with van der Waals surface area (Å²) in [5.74, 6) is 0.968. The predicted molar refractivity (Wildman–Crippen MR) is 130 cm³/mol. The van der Waals surface area contributed by atoms with Gasteiger partial charge >= 0.3 is 11.4 Å². The molecule has 0 fully saturated rings. The third-order valence-electron chi connectivity index (χ3n) is 4.77. The number of ether oxygens (including phenoxy) is 2.